The van der Waals surface area contributed by atoms with Crippen molar-refractivity contribution in [2.24, 2.45) is 0 Å². The van der Waals surface area contributed by atoms with Crippen molar-refractivity contribution in [2.75, 3.05) is 0 Å². The van der Waals surface area contributed by atoms with Crippen LogP contribution in [0.15, 0.2) is 18.6 Å². The number of rotatable bonds is 4. The Morgan fingerprint density at radius 2 is 2.11 bits per heavy atom. The molecule has 1 aliphatic carbocycles. The number of nitrogens with zero attached hydrogens (tertiary/aromatic N) is 5. The summed E-state index contributed by atoms with van der Waals surface area (Å²) in [5.74, 6) is 0.576. The molecule has 0 saturated heterocycles. The van der Waals surface area contributed by atoms with Crippen LogP contribution in [0.3, 0.4) is 0 Å². The first-order chi connectivity index (χ1) is 9.36. The summed E-state index contributed by atoms with van der Waals surface area (Å²) in [6.07, 6.45) is 9.93. The molecule has 2 heterocycles. The van der Waals surface area contributed by atoms with E-state index in [1.165, 1.54) is 38.4 Å². The van der Waals surface area contributed by atoms with Crippen LogP contribution in [-0.4, -0.2) is 29.7 Å². The highest BCUT2D eigenvalue weighted by Crippen LogP contribution is 2.27. The lowest BCUT2D eigenvalue weighted by Crippen LogP contribution is -2.14. The molecular formula is C13H19N5O. The second kappa shape index (κ2) is 5.52. The zero-order chi connectivity index (χ0) is 13.1. The molecule has 0 atom stereocenters. The Bertz CT molecular complexity index is 527. The van der Waals surface area contributed by atoms with Crippen LogP contribution in [0.1, 0.15) is 49.7 Å². The maximum atomic E-state index is 9.15. The molecule has 0 amide bonds. The molecule has 0 aromatic carbocycles. The number of aliphatic hydroxyl groups is 1. The Morgan fingerprint density at radius 1 is 1.26 bits per heavy atom. The first-order valence-electron chi connectivity index (χ1n) is 6.88. The summed E-state index contributed by atoms with van der Waals surface area (Å²) < 4.78 is 3.78. The molecule has 1 aliphatic rings. The highest BCUT2D eigenvalue weighted by molar-refractivity contribution is 5.01. The molecule has 0 unspecified atom stereocenters. The first kappa shape index (κ1) is 12.3. The van der Waals surface area contributed by atoms with Crippen LogP contribution in [0.5, 0.6) is 0 Å². The largest absolute Gasteiger partial charge is 0.388 e. The summed E-state index contributed by atoms with van der Waals surface area (Å²) in [5, 5.41) is 17.9. The predicted molar refractivity (Wildman–Crippen MR) is 69.4 cm³/mol. The summed E-state index contributed by atoms with van der Waals surface area (Å²) in [6.45, 7) is 0.471. The van der Waals surface area contributed by atoms with Gasteiger partial charge >= 0.3 is 0 Å². The third kappa shape index (κ3) is 2.68. The molecule has 6 heteroatoms. The van der Waals surface area contributed by atoms with E-state index >= 15 is 0 Å². The van der Waals surface area contributed by atoms with E-state index in [1.54, 1.807) is 4.68 Å². The van der Waals surface area contributed by atoms with Gasteiger partial charge in [-0.2, -0.15) is 10.2 Å². The molecule has 0 aliphatic heterocycles. The van der Waals surface area contributed by atoms with Gasteiger partial charge in [-0.15, -0.1) is 0 Å². The average molecular weight is 261 g/mol. The maximum absolute atomic E-state index is 9.15. The molecule has 0 spiro atoms. The van der Waals surface area contributed by atoms with E-state index in [0.29, 0.717) is 18.4 Å². The fourth-order valence-corrected chi connectivity index (χ4v) is 2.71. The fraction of sp³-hybridized carbons (Fsp3) is 0.615. The fourth-order valence-electron chi connectivity index (χ4n) is 2.71. The molecule has 19 heavy (non-hydrogen) atoms. The van der Waals surface area contributed by atoms with Crippen molar-refractivity contribution >= 4 is 0 Å². The molecule has 2 aromatic heterocycles. The van der Waals surface area contributed by atoms with Gasteiger partial charge in [0.25, 0.3) is 0 Å². The molecule has 0 radical (unpaired) electrons. The van der Waals surface area contributed by atoms with E-state index in [4.69, 9.17) is 5.11 Å². The zero-order valence-electron chi connectivity index (χ0n) is 10.9. The lowest BCUT2D eigenvalue weighted by Gasteiger charge is -2.21. The molecular weight excluding hydrogens is 242 g/mol. The van der Waals surface area contributed by atoms with Gasteiger partial charge < -0.3 is 5.11 Å². The Balaban J connectivity index is 1.70. The normalized spacial score (nSPS) is 16.9. The van der Waals surface area contributed by atoms with Gasteiger partial charge in [0, 0.05) is 6.20 Å². The van der Waals surface area contributed by atoms with Crippen LogP contribution in [0.2, 0.25) is 0 Å². The van der Waals surface area contributed by atoms with Crippen LogP contribution < -0.4 is 0 Å². The van der Waals surface area contributed by atoms with E-state index < -0.39 is 0 Å². The SMILES string of the molecule is OCc1ncnn1Cc1ccn(C2CCCCC2)n1. The van der Waals surface area contributed by atoms with Gasteiger partial charge in [-0.3, -0.25) is 4.68 Å². The Hall–Kier alpha value is -1.69. The van der Waals surface area contributed by atoms with Gasteiger partial charge in [0.2, 0.25) is 0 Å². The summed E-state index contributed by atoms with van der Waals surface area (Å²) in [7, 11) is 0. The molecule has 102 valence electrons. The third-order valence-corrected chi connectivity index (χ3v) is 3.76. The average Bonchev–Trinajstić information content (AvgIpc) is 3.09. The van der Waals surface area contributed by atoms with Crippen LogP contribution in [0, 0.1) is 0 Å². The Morgan fingerprint density at radius 3 is 2.89 bits per heavy atom. The molecule has 2 aromatic rings. The third-order valence-electron chi connectivity index (χ3n) is 3.76. The van der Waals surface area contributed by atoms with E-state index in [9.17, 15) is 0 Å². The smallest absolute Gasteiger partial charge is 0.152 e. The minimum Gasteiger partial charge on any atom is -0.388 e. The van der Waals surface area contributed by atoms with Crippen molar-refractivity contribution in [2.45, 2.75) is 51.3 Å². The number of aliphatic hydroxyl groups excluding tert-OH is 1. The van der Waals surface area contributed by atoms with Crippen molar-refractivity contribution in [1.82, 2.24) is 24.5 Å². The van der Waals surface area contributed by atoms with E-state index in [-0.39, 0.29) is 6.61 Å². The Labute approximate surface area is 112 Å². The van der Waals surface area contributed by atoms with Crippen molar-refractivity contribution in [1.29, 1.82) is 0 Å². The molecule has 3 rings (SSSR count). The van der Waals surface area contributed by atoms with Gasteiger partial charge in [0.1, 0.15) is 12.9 Å². The number of hydrogen-bond donors (Lipinski definition) is 1. The predicted octanol–water partition coefficient (Wildman–Crippen LogP) is 1.52. The molecule has 6 nitrogen and oxygen atoms in total. The van der Waals surface area contributed by atoms with Gasteiger partial charge in [0.15, 0.2) is 5.82 Å². The van der Waals surface area contributed by atoms with Crippen LogP contribution in [0.4, 0.5) is 0 Å². The van der Waals surface area contributed by atoms with Crippen molar-refractivity contribution in [3.8, 4) is 0 Å². The minimum atomic E-state index is -0.0939. The van der Waals surface area contributed by atoms with Crippen LogP contribution >= 0.6 is 0 Å². The van der Waals surface area contributed by atoms with Crippen molar-refractivity contribution in [3.63, 3.8) is 0 Å². The van der Waals surface area contributed by atoms with Gasteiger partial charge in [-0.05, 0) is 18.9 Å². The second-order valence-corrected chi connectivity index (χ2v) is 5.07. The van der Waals surface area contributed by atoms with E-state index in [2.05, 4.69) is 26.1 Å². The van der Waals surface area contributed by atoms with Crippen molar-refractivity contribution in [3.05, 3.63) is 30.1 Å². The summed E-state index contributed by atoms with van der Waals surface area (Å²) in [6, 6.07) is 2.58. The Kier molecular flexibility index (Phi) is 3.59. The van der Waals surface area contributed by atoms with Gasteiger partial charge in [0.05, 0.1) is 18.3 Å². The lowest BCUT2D eigenvalue weighted by molar-refractivity contribution is 0.263. The van der Waals surface area contributed by atoms with E-state index in [0.717, 1.165) is 5.69 Å². The van der Waals surface area contributed by atoms with Crippen molar-refractivity contribution < 1.29 is 5.11 Å². The zero-order valence-corrected chi connectivity index (χ0v) is 10.9. The van der Waals surface area contributed by atoms with E-state index in [1.807, 2.05) is 6.07 Å². The highest BCUT2D eigenvalue weighted by Gasteiger charge is 2.16. The van der Waals surface area contributed by atoms with Gasteiger partial charge in [-0.1, -0.05) is 19.3 Å². The first-order valence-corrected chi connectivity index (χ1v) is 6.88. The topological polar surface area (TPSA) is 68.8 Å². The standard InChI is InChI=1S/C13H19N5O/c19-9-13-14-10-15-18(13)8-11-6-7-17(16-11)12-4-2-1-3-5-12/h6-7,10,12,19H,1-5,8-9H2. The van der Waals surface area contributed by atoms with Crippen LogP contribution in [-0.2, 0) is 13.2 Å². The second-order valence-electron chi connectivity index (χ2n) is 5.07. The van der Waals surface area contributed by atoms with Gasteiger partial charge in [-0.25, -0.2) is 9.67 Å². The summed E-state index contributed by atoms with van der Waals surface area (Å²) in [4.78, 5) is 3.99. The minimum absolute atomic E-state index is 0.0939. The maximum Gasteiger partial charge on any atom is 0.152 e. The highest BCUT2D eigenvalue weighted by atomic mass is 16.3. The number of hydrogen-bond acceptors (Lipinski definition) is 4. The lowest BCUT2D eigenvalue weighted by atomic mass is 9.96. The molecule has 0 bridgehead atoms. The monoisotopic (exact) mass is 261 g/mol. The molecule has 1 N–H and O–H groups in total. The van der Waals surface area contributed by atoms with Crippen LogP contribution in [0.25, 0.3) is 0 Å². The number of aromatic nitrogens is 5. The molecule has 1 saturated carbocycles. The quantitative estimate of drug-likeness (QED) is 0.906. The summed E-state index contributed by atoms with van der Waals surface area (Å²) in [5.41, 5.74) is 0.964. The molecule has 1 fully saturated rings. The summed E-state index contributed by atoms with van der Waals surface area (Å²) >= 11 is 0.